The Morgan fingerprint density at radius 2 is 2.17 bits per heavy atom. The first-order valence-electron chi connectivity index (χ1n) is 8.07. The lowest BCUT2D eigenvalue weighted by Gasteiger charge is -2.33. The van der Waals surface area contributed by atoms with E-state index in [4.69, 9.17) is 4.74 Å². The third kappa shape index (κ3) is 2.42. The Balaban J connectivity index is 1.76. The Labute approximate surface area is 140 Å². The monoisotopic (exact) mass is 321 g/mol. The van der Waals surface area contributed by atoms with E-state index in [0.717, 1.165) is 28.9 Å². The van der Waals surface area contributed by atoms with Crippen LogP contribution in [0.2, 0.25) is 0 Å². The molecule has 3 aromatic rings. The minimum Gasteiger partial charge on any atom is -0.497 e. The molecule has 1 aliphatic heterocycles. The first-order valence-corrected chi connectivity index (χ1v) is 8.07. The number of fused-ring (bicyclic) bond motifs is 2. The summed E-state index contributed by atoms with van der Waals surface area (Å²) in [4.78, 5) is 22.3. The maximum absolute atomic E-state index is 13.1. The SMILES string of the molecule is COc1ccc2c(c1)N(C(=O)c1ccc3nc[nH]c3c1)CC(C)C2. The van der Waals surface area contributed by atoms with Crippen molar-refractivity contribution in [3.63, 3.8) is 0 Å². The highest BCUT2D eigenvalue weighted by Gasteiger charge is 2.27. The van der Waals surface area contributed by atoms with Crippen molar-refractivity contribution in [1.82, 2.24) is 9.97 Å². The number of rotatable bonds is 2. The van der Waals surface area contributed by atoms with Gasteiger partial charge in [-0.3, -0.25) is 4.79 Å². The molecular formula is C19H19N3O2. The zero-order valence-electron chi connectivity index (χ0n) is 13.7. The quantitative estimate of drug-likeness (QED) is 0.787. The molecule has 1 atom stereocenters. The molecule has 1 unspecified atom stereocenters. The van der Waals surface area contributed by atoms with Gasteiger partial charge in [0.2, 0.25) is 0 Å². The van der Waals surface area contributed by atoms with E-state index >= 15 is 0 Å². The number of nitrogens with zero attached hydrogens (tertiary/aromatic N) is 2. The van der Waals surface area contributed by atoms with Crippen LogP contribution < -0.4 is 9.64 Å². The van der Waals surface area contributed by atoms with Gasteiger partial charge in [0.1, 0.15) is 5.75 Å². The molecule has 2 heterocycles. The number of imidazole rings is 1. The van der Waals surface area contributed by atoms with Crippen LogP contribution in [0.1, 0.15) is 22.8 Å². The molecule has 24 heavy (non-hydrogen) atoms. The van der Waals surface area contributed by atoms with E-state index < -0.39 is 0 Å². The average Bonchev–Trinajstić information content (AvgIpc) is 3.07. The third-order valence-electron chi connectivity index (χ3n) is 4.56. The van der Waals surface area contributed by atoms with Gasteiger partial charge in [0.15, 0.2) is 0 Å². The summed E-state index contributed by atoms with van der Waals surface area (Å²) in [5.41, 5.74) is 4.53. The molecule has 122 valence electrons. The number of carbonyl (C=O) groups is 1. The summed E-state index contributed by atoms with van der Waals surface area (Å²) >= 11 is 0. The van der Waals surface area contributed by atoms with Crippen LogP contribution in [-0.2, 0) is 6.42 Å². The van der Waals surface area contributed by atoms with E-state index in [-0.39, 0.29) is 5.91 Å². The molecule has 0 bridgehead atoms. The molecule has 0 aliphatic carbocycles. The molecule has 1 aromatic heterocycles. The fourth-order valence-electron chi connectivity index (χ4n) is 3.36. The number of aromatic amines is 1. The van der Waals surface area contributed by atoms with Crippen LogP contribution in [0, 0.1) is 5.92 Å². The summed E-state index contributed by atoms with van der Waals surface area (Å²) in [5, 5.41) is 0. The zero-order chi connectivity index (χ0) is 16.7. The predicted molar refractivity (Wildman–Crippen MR) is 93.6 cm³/mol. The zero-order valence-corrected chi connectivity index (χ0v) is 13.7. The van der Waals surface area contributed by atoms with Crippen LogP contribution in [0.25, 0.3) is 11.0 Å². The van der Waals surface area contributed by atoms with Crippen molar-refractivity contribution in [1.29, 1.82) is 0 Å². The summed E-state index contributed by atoms with van der Waals surface area (Å²) in [6.07, 6.45) is 2.62. The Bertz CT molecular complexity index is 916. The second-order valence-electron chi connectivity index (χ2n) is 6.35. The molecule has 1 N–H and O–H groups in total. The number of benzene rings is 2. The van der Waals surface area contributed by atoms with Crippen molar-refractivity contribution in [3.8, 4) is 5.75 Å². The normalized spacial score (nSPS) is 16.9. The summed E-state index contributed by atoms with van der Waals surface area (Å²) in [6.45, 7) is 2.88. The summed E-state index contributed by atoms with van der Waals surface area (Å²) in [6, 6.07) is 11.5. The number of carbonyl (C=O) groups excluding carboxylic acids is 1. The number of H-pyrrole nitrogens is 1. The smallest absolute Gasteiger partial charge is 0.258 e. The van der Waals surface area contributed by atoms with Crippen LogP contribution in [0.4, 0.5) is 5.69 Å². The molecule has 2 aromatic carbocycles. The van der Waals surface area contributed by atoms with Crippen molar-refractivity contribution >= 4 is 22.6 Å². The molecule has 0 saturated heterocycles. The number of methoxy groups -OCH3 is 1. The number of hydrogen-bond acceptors (Lipinski definition) is 3. The lowest BCUT2D eigenvalue weighted by atomic mass is 9.93. The summed E-state index contributed by atoms with van der Waals surface area (Å²) < 4.78 is 5.34. The number of amides is 1. The van der Waals surface area contributed by atoms with Gasteiger partial charge in [0.25, 0.3) is 5.91 Å². The van der Waals surface area contributed by atoms with Gasteiger partial charge in [-0.2, -0.15) is 0 Å². The molecule has 1 aliphatic rings. The van der Waals surface area contributed by atoms with Gasteiger partial charge in [0, 0.05) is 18.2 Å². The van der Waals surface area contributed by atoms with E-state index in [1.807, 2.05) is 35.2 Å². The summed E-state index contributed by atoms with van der Waals surface area (Å²) in [7, 11) is 1.64. The molecule has 4 rings (SSSR count). The first kappa shape index (κ1) is 14.8. The molecular weight excluding hydrogens is 302 g/mol. The largest absolute Gasteiger partial charge is 0.497 e. The van der Waals surface area contributed by atoms with Gasteiger partial charge < -0.3 is 14.6 Å². The van der Waals surface area contributed by atoms with Crippen LogP contribution >= 0.6 is 0 Å². The minimum atomic E-state index is 0.00699. The van der Waals surface area contributed by atoms with Gasteiger partial charge in [-0.05, 0) is 42.2 Å². The number of hydrogen-bond donors (Lipinski definition) is 1. The Kier molecular flexibility index (Phi) is 3.49. The number of anilines is 1. The number of nitrogens with one attached hydrogen (secondary N) is 1. The molecule has 1 amide bonds. The van der Waals surface area contributed by atoms with E-state index in [0.29, 0.717) is 18.0 Å². The summed E-state index contributed by atoms with van der Waals surface area (Å²) in [5.74, 6) is 1.20. The second kappa shape index (κ2) is 5.67. The van der Waals surface area contributed by atoms with Crippen molar-refractivity contribution in [2.24, 2.45) is 5.92 Å². The van der Waals surface area contributed by atoms with E-state index in [1.165, 1.54) is 5.56 Å². The second-order valence-corrected chi connectivity index (χ2v) is 6.35. The fourth-order valence-corrected chi connectivity index (χ4v) is 3.36. The van der Waals surface area contributed by atoms with Crippen molar-refractivity contribution in [2.75, 3.05) is 18.6 Å². The van der Waals surface area contributed by atoms with Crippen LogP contribution in [0.5, 0.6) is 5.75 Å². The Morgan fingerprint density at radius 3 is 3.00 bits per heavy atom. The topological polar surface area (TPSA) is 58.2 Å². The van der Waals surface area contributed by atoms with Crippen LogP contribution in [-0.4, -0.2) is 29.5 Å². The highest BCUT2D eigenvalue weighted by atomic mass is 16.5. The first-order chi connectivity index (χ1) is 11.7. The number of ether oxygens (including phenoxy) is 1. The molecule has 0 saturated carbocycles. The van der Waals surface area contributed by atoms with Gasteiger partial charge in [0.05, 0.1) is 30.2 Å². The third-order valence-corrected chi connectivity index (χ3v) is 4.56. The standard InChI is InChI=1S/C19H19N3O2/c1-12-7-13-3-5-15(24-2)9-18(13)22(10-12)19(23)14-4-6-16-17(8-14)21-11-20-16/h3-6,8-9,11-12H,7,10H2,1-2H3,(H,20,21). The van der Waals surface area contributed by atoms with Gasteiger partial charge in [-0.15, -0.1) is 0 Å². The molecule has 0 radical (unpaired) electrons. The van der Waals surface area contributed by atoms with E-state index in [1.54, 1.807) is 13.4 Å². The van der Waals surface area contributed by atoms with Crippen LogP contribution in [0.15, 0.2) is 42.7 Å². The lowest BCUT2D eigenvalue weighted by Crippen LogP contribution is -2.39. The Morgan fingerprint density at radius 1 is 1.29 bits per heavy atom. The molecule has 0 spiro atoms. The maximum Gasteiger partial charge on any atom is 0.258 e. The average molecular weight is 321 g/mol. The van der Waals surface area contributed by atoms with E-state index in [9.17, 15) is 4.79 Å². The maximum atomic E-state index is 13.1. The van der Waals surface area contributed by atoms with Gasteiger partial charge >= 0.3 is 0 Å². The van der Waals surface area contributed by atoms with Gasteiger partial charge in [-0.25, -0.2) is 4.98 Å². The van der Waals surface area contributed by atoms with Gasteiger partial charge in [-0.1, -0.05) is 13.0 Å². The molecule has 0 fully saturated rings. The highest BCUT2D eigenvalue weighted by Crippen LogP contribution is 2.34. The fraction of sp³-hybridized carbons (Fsp3) is 0.263. The molecule has 5 nitrogen and oxygen atoms in total. The van der Waals surface area contributed by atoms with E-state index in [2.05, 4.69) is 23.0 Å². The van der Waals surface area contributed by atoms with Crippen molar-refractivity contribution in [3.05, 3.63) is 53.9 Å². The van der Waals surface area contributed by atoms with Crippen LogP contribution in [0.3, 0.4) is 0 Å². The Hall–Kier alpha value is -2.82. The predicted octanol–water partition coefficient (Wildman–Crippen LogP) is 3.41. The minimum absolute atomic E-state index is 0.00699. The van der Waals surface area contributed by atoms with Crippen molar-refractivity contribution in [2.45, 2.75) is 13.3 Å². The number of aromatic nitrogens is 2. The molecule has 5 heteroatoms. The van der Waals surface area contributed by atoms with Crippen molar-refractivity contribution < 1.29 is 9.53 Å². The highest BCUT2D eigenvalue weighted by molar-refractivity contribution is 6.08. The lowest BCUT2D eigenvalue weighted by molar-refractivity contribution is 0.0981.